The van der Waals surface area contributed by atoms with Gasteiger partial charge in [0.2, 0.25) is 0 Å². The lowest BCUT2D eigenvalue weighted by atomic mass is 10.1. The monoisotopic (exact) mass is 433 g/mol. The normalized spacial score (nSPS) is 10.8. The summed E-state index contributed by atoms with van der Waals surface area (Å²) in [5.74, 6) is 0.178. The van der Waals surface area contributed by atoms with Crippen molar-refractivity contribution in [3.63, 3.8) is 0 Å². The Kier molecular flexibility index (Phi) is 7.44. The van der Waals surface area contributed by atoms with Crippen LogP contribution in [-0.2, 0) is 17.9 Å². The van der Waals surface area contributed by atoms with E-state index in [9.17, 15) is 9.59 Å². The molecule has 1 heterocycles. The van der Waals surface area contributed by atoms with E-state index in [1.54, 1.807) is 57.4 Å². The number of aromatic nitrogens is 1. The average molecular weight is 434 g/mol. The van der Waals surface area contributed by atoms with Crippen LogP contribution in [0.1, 0.15) is 42.3 Å². The Morgan fingerprint density at radius 2 is 1.66 bits per heavy atom. The predicted octanol–water partition coefficient (Wildman–Crippen LogP) is 4.94. The molecule has 0 aliphatic heterocycles. The second kappa shape index (κ2) is 10.4. The van der Waals surface area contributed by atoms with Gasteiger partial charge in [-0.3, -0.25) is 9.78 Å². The van der Waals surface area contributed by atoms with Crippen LogP contribution in [0.25, 0.3) is 0 Å². The molecule has 0 spiro atoms. The third-order valence-corrected chi connectivity index (χ3v) is 4.26. The number of anilines is 1. The largest absolute Gasteiger partial charge is 0.488 e. The molecule has 2 aromatic carbocycles. The van der Waals surface area contributed by atoms with Crippen molar-refractivity contribution in [1.82, 2.24) is 10.3 Å². The molecule has 0 aliphatic rings. The summed E-state index contributed by atoms with van der Waals surface area (Å²) in [5, 5.41) is 5.51. The summed E-state index contributed by atoms with van der Waals surface area (Å²) in [6, 6.07) is 18.6. The van der Waals surface area contributed by atoms with Crippen LogP contribution in [0, 0.1) is 0 Å². The Bertz CT molecular complexity index is 1060. The molecule has 0 bridgehead atoms. The van der Waals surface area contributed by atoms with Crippen LogP contribution in [0.2, 0.25) is 0 Å². The van der Waals surface area contributed by atoms with Gasteiger partial charge < -0.3 is 20.1 Å². The topological polar surface area (TPSA) is 89.5 Å². The molecule has 166 valence electrons. The fraction of sp³-hybridized carbons (Fsp3) is 0.240. The first-order valence-electron chi connectivity index (χ1n) is 10.3. The summed E-state index contributed by atoms with van der Waals surface area (Å²) in [6.45, 7) is 5.98. The molecule has 3 aromatic rings. The first-order valence-corrected chi connectivity index (χ1v) is 10.3. The summed E-state index contributed by atoms with van der Waals surface area (Å²) < 4.78 is 11.1. The number of nitrogens with one attached hydrogen (secondary N) is 2. The van der Waals surface area contributed by atoms with Crippen molar-refractivity contribution >= 4 is 17.7 Å². The number of hydrogen-bond acceptors (Lipinski definition) is 5. The Morgan fingerprint density at radius 3 is 2.41 bits per heavy atom. The minimum Gasteiger partial charge on any atom is -0.488 e. The molecule has 3 rings (SSSR count). The molecule has 1 aromatic heterocycles. The Hall–Kier alpha value is -3.87. The molecule has 0 saturated carbocycles. The quantitative estimate of drug-likeness (QED) is 0.551. The van der Waals surface area contributed by atoms with Crippen molar-refractivity contribution < 1.29 is 19.1 Å². The van der Waals surface area contributed by atoms with Crippen LogP contribution < -0.4 is 15.4 Å². The fourth-order valence-corrected chi connectivity index (χ4v) is 2.85. The average Bonchev–Trinajstić information content (AvgIpc) is 2.76. The van der Waals surface area contributed by atoms with Crippen molar-refractivity contribution in [2.75, 3.05) is 5.32 Å². The molecule has 2 amide bonds. The second-order valence-corrected chi connectivity index (χ2v) is 8.16. The highest BCUT2D eigenvalue weighted by Gasteiger charge is 2.16. The first-order chi connectivity index (χ1) is 15.3. The van der Waals surface area contributed by atoms with Gasteiger partial charge in [0.25, 0.3) is 5.91 Å². The molecule has 0 radical (unpaired) electrons. The minimum absolute atomic E-state index is 0.225. The van der Waals surface area contributed by atoms with Crippen LogP contribution in [-0.4, -0.2) is 22.6 Å². The highest BCUT2D eigenvalue weighted by Crippen LogP contribution is 2.21. The summed E-state index contributed by atoms with van der Waals surface area (Å²) in [6.07, 6.45) is 2.64. The zero-order chi connectivity index (χ0) is 23.0. The molecule has 0 atom stereocenters. The standard InChI is InChI=1S/C25H27N3O4/c1-25(2,3)32-24(30)27-15-19-13-20(16-26-14-19)28-23(29)21-11-7-8-12-22(21)31-17-18-9-5-4-6-10-18/h4-14,16H,15,17H2,1-3H3,(H,27,30)(H,28,29). The van der Waals surface area contributed by atoms with E-state index >= 15 is 0 Å². The number of pyridine rings is 1. The van der Waals surface area contributed by atoms with Gasteiger partial charge in [-0.05, 0) is 50.1 Å². The lowest BCUT2D eigenvalue weighted by molar-refractivity contribution is 0.0523. The number of alkyl carbamates (subject to hydrolysis) is 1. The maximum atomic E-state index is 12.9. The van der Waals surface area contributed by atoms with Crippen molar-refractivity contribution in [3.8, 4) is 5.75 Å². The van der Waals surface area contributed by atoms with Crippen molar-refractivity contribution in [1.29, 1.82) is 0 Å². The van der Waals surface area contributed by atoms with Crippen molar-refractivity contribution in [2.45, 2.75) is 39.5 Å². The van der Waals surface area contributed by atoms with Gasteiger partial charge in [-0.1, -0.05) is 42.5 Å². The van der Waals surface area contributed by atoms with E-state index in [0.29, 0.717) is 23.6 Å². The molecular weight excluding hydrogens is 406 g/mol. The number of carbonyl (C=O) groups excluding carboxylic acids is 2. The van der Waals surface area contributed by atoms with Crippen molar-refractivity contribution in [3.05, 3.63) is 89.7 Å². The van der Waals surface area contributed by atoms with Gasteiger partial charge in [-0.25, -0.2) is 4.79 Å². The number of rotatable bonds is 7. The van der Waals surface area contributed by atoms with Crippen molar-refractivity contribution in [2.24, 2.45) is 0 Å². The highest BCUT2D eigenvalue weighted by molar-refractivity contribution is 6.06. The zero-order valence-corrected chi connectivity index (χ0v) is 18.4. The van der Waals surface area contributed by atoms with Gasteiger partial charge in [0.15, 0.2) is 0 Å². The fourth-order valence-electron chi connectivity index (χ4n) is 2.85. The van der Waals surface area contributed by atoms with E-state index in [1.165, 1.54) is 0 Å². The smallest absolute Gasteiger partial charge is 0.407 e. The Morgan fingerprint density at radius 1 is 0.938 bits per heavy atom. The molecule has 0 fully saturated rings. The van der Waals surface area contributed by atoms with Gasteiger partial charge in [-0.15, -0.1) is 0 Å². The van der Waals surface area contributed by atoms with E-state index in [4.69, 9.17) is 9.47 Å². The molecule has 7 nitrogen and oxygen atoms in total. The zero-order valence-electron chi connectivity index (χ0n) is 18.4. The van der Waals surface area contributed by atoms with E-state index < -0.39 is 11.7 Å². The summed E-state index contributed by atoms with van der Waals surface area (Å²) in [7, 11) is 0. The van der Waals surface area contributed by atoms with E-state index in [0.717, 1.165) is 11.1 Å². The molecule has 7 heteroatoms. The van der Waals surface area contributed by atoms with Gasteiger partial charge in [0.05, 0.1) is 17.4 Å². The highest BCUT2D eigenvalue weighted by atomic mass is 16.6. The molecule has 0 saturated heterocycles. The van der Waals surface area contributed by atoms with Gasteiger partial charge >= 0.3 is 6.09 Å². The molecule has 32 heavy (non-hydrogen) atoms. The number of amides is 2. The van der Waals surface area contributed by atoms with Gasteiger partial charge in [0.1, 0.15) is 18.0 Å². The number of para-hydroxylation sites is 1. The number of benzene rings is 2. The number of carbonyl (C=O) groups is 2. The van der Waals surface area contributed by atoms with E-state index in [-0.39, 0.29) is 12.5 Å². The van der Waals surface area contributed by atoms with E-state index in [1.807, 2.05) is 36.4 Å². The van der Waals surface area contributed by atoms with E-state index in [2.05, 4.69) is 15.6 Å². The maximum Gasteiger partial charge on any atom is 0.407 e. The van der Waals surface area contributed by atoms with Crippen LogP contribution >= 0.6 is 0 Å². The molecule has 2 N–H and O–H groups in total. The summed E-state index contributed by atoms with van der Waals surface area (Å²) >= 11 is 0. The maximum absolute atomic E-state index is 12.9. The number of nitrogens with zero attached hydrogens (tertiary/aromatic N) is 1. The third kappa shape index (κ3) is 7.12. The predicted molar refractivity (Wildman–Crippen MR) is 122 cm³/mol. The lowest BCUT2D eigenvalue weighted by Crippen LogP contribution is -2.32. The first kappa shape index (κ1) is 22.8. The molecule has 0 aliphatic carbocycles. The van der Waals surface area contributed by atoms with Crippen LogP contribution in [0.3, 0.4) is 0 Å². The Labute approximate surface area is 187 Å². The van der Waals surface area contributed by atoms with Crippen LogP contribution in [0.15, 0.2) is 73.1 Å². The summed E-state index contributed by atoms with van der Waals surface area (Å²) in [5.41, 5.74) is 2.09. The molecular formula is C25H27N3O4. The Balaban J connectivity index is 1.62. The SMILES string of the molecule is CC(C)(C)OC(=O)NCc1cncc(NC(=O)c2ccccc2OCc2ccccc2)c1. The van der Waals surface area contributed by atoms with Crippen LogP contribution in [0.5, 0.6) is 5.75 Å². The summed E-state index contributed by atoms with van der Waals surface area (Å²) in [4.78, 5) is 28.9. The third-order valence-electron chi connectivity index (χ3n) is 4.26. The van der Waals surface area contributed by atoms with Gasteiger partial charge in [0, 0.05) is 12.7 Å². The number of ether oxygens (including phenoxy) is 2. The second-order valence-electron chi connectivity index (χ2n) is 8.16. The number of hydrogen-bond donors (Lipinski definition) is 2. The molecule has 0 unspecified atom stereocenters. The minimum atomic E-state index is -0.575. The van der Waals surface area contributed by atoms with Gasteiger partial charge in [-0.2, -0.15) is 0 Å². The lowest BCUT2D eigenvalue weighted by Gasteiger charge is -2.19. The van der Waals surface area contributed by atoms with Crippen LogP contribution in [0.4, 0.5) is 10.5 Å².